The summed E-state index contributed by atoms with van der Waals surface area (Å²) in [6.45, 7) is -0.709. The Morgan fingerprint density at radius 2 is 1.85 bits per heavy atom. The molecule has 2 amide bonds. The molecule has 0 spiro atoms. The maximum atomic E-state index is 11.9. The summed E-state index contributed by atoms with van der Waals surface area (Å²) in [4.78, 5) is 23.5. The molecule has 1 aromatic carbocycles. The van der Waals surface area contributed by atoms with Gasteiger partial charge in [-0.3, -0.25) is 4.79 Å². The summed E-state index contributed by atoms with van der Waals surface area (Å²) in [5, 5.41) is 11.7. The molecule has 0 radical (unpaired) electrons. The molecule has 0 aliphatic heterocycles. The van der Waals surface area contributed by atoms with Gasteiger partial charge in [0.15, 0.2) is 0 Å². The Hall–Kier alpha value is -1.61. The van der Waals surface area contributed by atoms with E-state index in [2.05, 4.69) is 11.2 Å². The Labute approximate surface area is 130 Å². The fourth-order valence-electron chi connectivity index (χ4n) is 1.32. The summed E-state index contributed by atoms with van der Waals surface area (Å²) in [5.74, 6) is 1.00. The summed E-state index contributed by atoms with van der Waals surface area (Å²) in [7, 11) is 0. The predicted molar refractivity (Wildman–Crippen MR) is 78.5 cm³/mol. The van der Waals surface area contributed by atoms with Gasteiger partial charge in [-0.25, -0.2) is 4.79 Å². The highest BCUT2D eigenvalue weighted by Crippen LogP contribution is 2.33. The van der Waals surface area contributed by atoms with Gasteiger partial charge in [-0.2, -0.15) is 0 Å². The third-order valence-corrected chi connectivity index (χ3v) is 2.95. The molecule has 8 heteroatoms. The lowest BCUT2D eigenvalue weighted by molar-refractivity contribution is -0.137. The number of anilines is 1. The number of hydrogen-bond acceptors (Lipinski definition) is 2. The van der Waals surface area contributed by atoms with Gasteiger partial charge in [0.1, 0.15) is 6.54 Å². The number of benzene rings is 1. The van der Waals surface area contributed by atoms with E-state index in [1.54, 1.807) is 0 Å². The molecule has 1 rings (SSSR count). The van der Waals surface area contributed by atoms with Gasteiger partial charge in [-0.1, -0.05) is 40.7 Å². The lowest BCUT2D eigenvalue weighted by atomic mass is 10.3. The average molecular weight is 336 g/mol. The standard InChI is InChI=1S/C12H9Cl3N2O3/c1-2-3-17(6-10(18)19)12(20)16-11-8(14)4-7(13)5-9(11)15/h1,4-5H,3,6H2,(H,16,20)(H,18,19). The molecule has 1 aromatic rings. The van der Waals surface area contributed by atoms with Gasteiger partial charge in [0.05, 0.1) is 22.3 Å². The Bertz CT molecular complexity index is 561. The van der Waals surface area contributed by atoms with Crippen LogP contribution in [0.15, 0.2) is 12.1 Å². The van der Waals surface area contributed by atoms with Crippen LogP contribution in [0.2, 0.25) is 15.1 Å². The van der Waals surface area contributed by atoms with E-state index in [0.717, 1.165) is 4.90 Å². The molecule has 0 aromatic heterocycles. The van der Waals surface area contributed by atoms with E-state index >= 15 is 0 Å². The van der Waals surface area contributed by atoms with Crippen molar-refractivity contribution >= 4 is 52.5 Å². The molecular weight excluding hydrogens is 327 g/mol. The monoisotopic (exact) mass is 334 g/mol. The number of carbonyl (C=O) groups excluding carboxylic acids is 1. The molecule has 0 saturated carbocycles. The molecule has 0 atom stereocenters. The lowest BCUT2D eigenvalue weighted by Gasteiger charge is -2.19. The molecular formula is C12H9Cl3N2O3. The van der Waals surface area contributed by atoms with Crippen LogP contribution in [0.4, 0.5) is 10.5 Å². The maximum Gasteiger partial charge on any atom is 0.323 e. The molecule has 0 bridgehead atoms. The van der Waals surface area contributed by atoms with Crippen molar-refractivity contribution in [2.45, 2.75) is 0 Å². The van der Waals surface area contributed by atoms with Gasteiger partial charge in [0.25, 0.3) is 0 Å². The highest BCUT2D eigenvalue weighted by molar-refractivity contribution is 6.42. The minimum Gasteiger partial charge on any atom is -0.480 e. The van der Waals surface area contributed by atoms with Crippen LogP contribution in [0, 0.1) is 12.3 Å². The van der Waals surface area contributed by atoms with Crippen molar-refractivity contribution in [3.05, 3.63) is 27.2 Å². The fourth-order valence-corrected chi connectivity index (χ4v) is 2.23. The second-order valence-corrected chi connectivity index (χ2v) is 4.88. The van der Waals surface area contributed by atoms with Crippen molar-refractivity contribution in [3.8, 4) is 12.3 Å². The second-order valence-electron chi connectivity index (χ2n) is 3.63. The topological polar surface area (TPSA) is 69.6 Å². The number of aliphatic carboxylic acids is 1. The molecule has 106 valence electrons. The third-order valence-electron chi connectivity index (χ3n) is 2.13. The van der Waals surface area contributed by atoms with E-state index in [1.807, 2.05) is 0 Å². The number of hydrogen-bond donors (Lipinski definition) is 2. The molecule has 2 N–H and O–H groups in total. The van der Waals surface area contributed by atoms with Crippen molar-refractivity contribution in [2.75, 3.05) is 18.4 Å². The van der Waals surface area contributed by atoms with E-state index in [0.29, 0.717) is 5.02 Å². The number of carbonyl (C=O) groups is 2. The number of nitrogens with one attached hydrogen (secondary N) is 1. The van der Waals surface area contributed by atoms with Crippen LogP contribution in [0.3, 0.4) is 0 Å². The number of amides is 2. The lowest BCUT2D eigenvalue weighted by Crippen LogP contribution is -2.39. The Kier molecular flexibility index (Phi) is 5.96. The van der Waals surface area contributed by atoms with Crippen LogP contribution in [-0.2, 0) is 4.79 Å². The molecule has 0 aliphatic carbocycles. The number of nitrogens with zero attached hydrogens (tertiary/aromatic N) is 1. The first-order valence-corrected chi connectivity index (χ1v) is 6.34. The van der Waals surface area contributed by atoms with Crippen molar-refractivity contribution in [2.24, 2.45) is 0 Å². The Morgan fingerprint density at radius 1 is 1.30 bits per heavy atom. The molecule has 0 fully saturated rings. The first kappa shape index (κ1) is 16.4. The van der Waals surface area contributed by atoms with Crippen LogP contribution >= 0.6 is 34.8 Å². The summed E-state index contributed by atoms with van der Waals surface area (Å²) in [6, 6.07) is 2.07. The zero-order chi connectivity index (χ0) is 15.3. The van der Waals surface area contributed by atoms with E-state index in [9.17, 15) is 9.59 Å². The van der Waals surface area contributed by atoms with Crippen LogP contribution in [-0.4, -0.2) is 35.1 Å². The molecule has 0 aliphatic rings. The minimum absolute atomic E-state index is 0.131. The Morgan fingerprint density at radius 3 is 2.30 bits per heavy atom. The normalized spacial score (nSPS) is 9.70. The molecule has 20 heavy (non-hydrogen) atoms. The predicted octanol–water partition coefficient (Wildman–Crippen LogP) is 3.20. The number of rotatable bonds is 4. The van der Waals surface area contributed by atoms with Crippen molar-refractivity contribution in [1.29, 1.82) is 0 Å². The van der Waals surface area contributed by atoms with E-state index in [4.69, 9.17) is 46.3 Å². The summed E-state index contributed by atoms with van der Waals surface area (Å²) < 4.78 is 0. The molecule has 5 nitrogen and oxygen atoms in total. The minimum atomic E-state index is -1.19. The molecule has 0 saturated heterocycles. The fraction of sp³-hybridized carbons (Fsp3) is 0.167. The zero-order valence-electron chi connectivity index (χ0n) is 9.99. The van der Waals surface area contributed by atoms with Gasteiger partial charge in [0, 0.05) is 5.02 Å². The van der Waals surface area contributed by atoms with Gasteiger partial charge < -0.3 is 15.3 Å². The van der Waals surface area contributed by atoms with Crippen LogP contribution in [0.1, 0.15) is 0 Å². The number of halogens is 3. The van der Waals surface area contributed by atoms with Crippen LogP contribution in [0.25, 0.3) is 0 Å². The number of carboxylic acid groups (broad SMARTS) is 1. The molecule has 0 heterocycles. The van der Waals surface area contributed by atoms with E-state index in [-0.39, 0.29) is 22.3 Å². The van der Waals surface area contributed by atoms with E-state index in [1.165, 1.54) is 12.1 Å². The summed E-state index contributed by atoms with van der Waals surface area (Å²) >= 11 is 17.6. The van der Waals surface area contributed by atoms with Crippen molar-refractivity contribution < 1.29 is 14.7 Å². The van der Waals surface area contributed by atoms with Gasteiger partial charge in [-0.15, -0.1) is 6.42 Å². The van der Waals surface area contributed by atoms with Gasteiger partial charge in [0.2, 0.25) is 0 Å². The zero-order valence-corrected chi connectivity index (χ0v) is 12.3. The first-order chi connectivity index (χ1) is 9.35. The van der Waals surface area contributed by atoms with Crippen molar-refractivity contribution in [3.63, 3.8) is 0 Å². The Balaban J connectivity index is 2.94. The quantitative estimate of drug-likeness (QED) is 0.830. The van der Waals surface area contributed by atoms with E-state index < -0.39 is 18.5 Å². The highest BCUT2D eigenvalue weighted by atomic mass is 35.5. The smallest absolute Gasteiger partial charge is 0.323 e. The second kappa shape index (κ2) is 7.25. The third kappa shape index (κ3) is 4.49. The van der Waals surface area contributed by atoms with Crippen molar-refractivity contribution in [1.82, 2.24) is 4.90 Å². The van der Waals surface area contributed by atoms with Crippen LogP contribution < -0.4 is 5.32 Å². The number of urea groups is 1. The largest absolute Gasteiger partial charge is 0.480 e. The SMILES string of the molecule is C#CCN(CC(=O)O)C(=O)Nc1c(Cl)cc(Cl)cc1Cl. The number of carboxylic acids is 1. The summed E-state index contributed by atoms with van der Waals surface area (Å²) in [6.07, 6.45) is 5.08. The average Bonchev–Trinajstić information content (AvgIpc) is 2.32. The van der Waals surface area contributed by atoms with Gasteiger partial charge in [-0.05, 0) is 12.1 Å². The molecule has 0 unspecified atom stereocenters. The maximum absolute atomic E-state index is 11.9. The summed E-state index contributed by atoms with van der Waals surface area (Å²) in [5.41, 5.74) is 0.134. The first-order valence-electron chi connectivity index (χ1n) is 5.21. The van der Waals surface area contributed by atoms with Gasteiger partial charge >= 0.3 is 12.0 Å². The number of terminal acetylenes is 1. The highest BCUT2D eigenvalue weighted by Gasteiger charge is 2.18. The van der Waals surface area contributed by atoms with Crippen LogP contribution in [0.5, 0.6) is 0 Å².